The van der Waals surface area contributed by atoms with Crippen molar-refractivity contribution >= 4 is 17.5 Å². The fourth-order valence-corrected chi connectivity index (χ4v) is 2.05. The maximum Gasteiger partial charge on any atom is 0.421 e. The molecule has 0 atom stereocenters. The fourth-order valence-electron chi connectivity index (χ4n) is 2.05. The normalized spacial score (nSPS) is 11.3. The lowest BCUT2D eigenvalue weighted by Gasteiger charge is -2.15. The van der Waals surface area contributed by atoms with Crippen molar-refractivity contribution in [3.63, 3.8) is 0 Å². The SMILES string of the molecule is CCc1ccccc1Nc1ncc(C(F)(F)F)c(NCCN)n1. The third-order valence-corrected chi connectivity index (χ3v) is 3.18. The van der Waals surface area contributed by atoms with Crippen LogP contribution in [0.1, 0.15) is 18.1 Å². The maximum atomic E-state index is 13.0. The average Bonchev–Trinajstić information content (AvgIpc) is 2.52. The molecule has 2 aromatic rings. The molecule has 0 spiro atoms. The third kappa shape index (κ3) is 4.32. The Bertz CT molecular complexity index is 658. The zero-order valence-corrected chi connectivity index (χ0v) is 12.6. The lowest BCUT2D eigenvalue weighted by atomic mass is 10.1. The second-order valence-electron chi connectivity index (χ2n) is 4.80. The van der Waals surface area contributed by atoms with Crippen LogP contribution in [0.2, 0.25) is 0 Å². The van der Waals surface area contributed by atoms with Gasteiger partial charge in [-0.3, -0.25) is 0 Å². The van der Waals surface area contributed by atoms with Crippen LogP contribution in [0.4, 0.5) is 30.6 Å². The van der Waals surface area contributed by atoms with Gasteiger partial charge in [0.05, 0.1) is 0 Å². The van der Waals surface area contributed by atoms with E-state index in [1.54, 1.807) is 0 Å². The molecule has 0 saturated heterocycles. The molecule has 1 aromatic heterocycles. The quantitative estimate of drug-likeness (QED) is 0.760. The summed E-state index contributed by atoms with van der Waals surface area (Å²) in [6, 6.07) is 7.48. The monoisotopic (exact) mass is 325 g/mol. The van der Waals surface area contributed by atoms with Crippen LogP contribution < -0.4 is 16.4 Å². The summed E-state index contributed by atoms with van der Waals surface area (Å²) in [5.74, 6) is -0.187. The zero-order chi connectivity index (χ0) is 16.9. The van der Waals surface area contributed by atoms with E-state index in [1.165, 1.54) is 0 Å². The van der Waals surface area contributed by atoms with Gasteiger partial charge in [0, 0.05) is 25.0 Å². The van der Waals surface area contributed by atoms with Gasteiger partial charge in [-0.1, -0.05) is 25.1 Å². The second-order valence-corrected chi connectivity index (χ2v) is 4.80. The molecule has 0 radical (unpaired) electrons. The standard InChI is InChI=1S/C15H18F3N5/c1-2-10-5-3-4-6-12(10)22-14-21-9-11(15(16,17)18)13(23-14)20-8-7-19/h3-6,9H,2,7-8,19H2,1H3,(H2,20,21,22,23). The van der Waals surface area contributed by atoms with Crippen molar-refractivity contribution < 1.29 is 13.2 Å². The van der Waals surface area contributed by atoms with Gasteiger partial charge >= 0.3 is 6.18 Å². The summed E-state index contributed by atoms with van der Waals surface area (Å²) < 4.78 is 38.9. The van der Waals surface area contributed by atoms with E-state index < -0.39 is 11.7 Å². The number of nitrogens with one attached hydrogen (secondary N) is 2. The number of aromatic nitrogens is 2. The van der Waals surface area contributed by atoms with Crippen LogP contribution in [-0.4, -0.2) is 23.1 Å². The van der Waals surface area contributed by atoms with Crippen LogP contribution in [-0.2, 0) is 12.6 Å². The van der Waals surface area contributed by atoms with Crippen LogP contribution in [0, 0.1) is 0 Å². The van der Waals surface area contributed by atoms with Crippen molar-refractivity contribution in [1.82, 2.24) is 9.97 Å². The number of para-hydroxylation sites is 1. The first-order chi connectivity index (χ1) is 11.0. The molecule has 0 unspecified atom stereocenters. The summed E-state index contributed by atoms with van der Waals surface area (Å²) in [6.07, 6.45) is -2.98. The number of nitrogens with zero attached hydrogens (tertiary/aromatic N) is 2. The smallest absolute Gasteiger partial charge is 0.368 e. The first-order valence-corrected chi connectivity index (χ1v) is 7.18. The highest BCUT2D eigenvalue weighted by Crippen LogP contribution is 2.34. The van der Waals surface area contributed by atoms with E-state index in [4.69, 9.17) is 5.73 Å². The van der Waals surface area contributed by atoms with Crippen LogP contribution in [0.5, 0.6) is 0 Å². The molecule has 1 aromatic carbocycles. The van der Waals surface area contributed by atoms with Gasteiger partial charge in [-0.15, -0.1) is 0 Å². The van der Waals surface area contributed by atoms with Gasteiger partial charge in [0.15, 0.2) is 0 Å². The first-order valence-electron chi connectivity index (χ1n) is 7.18. The summed E-state index contributed by atoms with van der Waals surface area (Å²) in [5, 5.41) is 5.55. The highest BCUT2D eigenvalue weighted by Gasteiger charge is 2.35. The number of rotatable bonds is 6. The number of hydrogen-bond acceptors (Lipinski definition) is 5. The molecule has 0 aliphatic carbocycles. The molecule has 0 fully saturated rings. The van der Waals surface area contributed by atoms with E-state index in [9.17, 15) is 13.2 Å². The number of halogens is 3. The van der Waals surface area contributed by atoms with Gasteiger partial charge < -0.3 is 16.4 Å². The van der Waals surface area contributed by atoms with E-state index >= 15 is 0 Å². The third-order valence-electron chi connectivity index (χ3n) is 3.18. The van der Waals surface area contributed by atoms with Crippen LogP contribution in [0.25, 0.3) is 0 Å². The van der Waals surface area contributed by atoms with Gasteiger partial charge in [0.1, 0.15) is 11.4 Å². The maximum absolute atomic E-state index is 13.0. The lowest BCUT2D eigenvalue weighted by Crippen LogP contribution is -2.19. The van der Waals surface area contributed by atoms with E-state index in [-0.39, 0.29) is 24.9 Å². The first kappa shape index (κ1) is 17.0. The summed E-state index contributed by atoms with van der Waals surface area (Å²) in [7, 11) is 0. The number of benzene rings is 1. The molecular weight excluding hydrogens is 307 g/mol. The zero-order valence-electron chi connectivity index (χ0n) is 12.6. The van der Waals surface area contributed by atoms with Crippen LogP contribution >= 0.6 is 0 Å². The Kier molecular flexibility index (Phi) is 5.38. The molecular formula is C15H18F3N5. The Morgan fingerprint density at radius 2 is 1.96 bits per heavy atom. The fraction of sp³-hybridized carbons (Fsp3) is 0.333. The minimum atomic E-state index is -4.53. The molecule has 0 saturated carbocycles. The van der Waals surface area contributed by atoms with Gasteiger partial charge in [0.25, 0.3) is 0 Å². The van der Waals surface area contributed by atoms with Gasteiger partial charge in [-0.05, 0) is 18.1 Å². The molecule has 4 N–H and O–H groups in total. The van der Waals surface area contributed by atoms with Crippen molar-refractivity contribution in [2.45, 2.75) is 19.5 Å². The Morgan fingerprint density at radius 3 is 2.61 bits per heavy atom. The lowest BCUT2D eigenvalue weighted by molar-refractivity contribution is -0.137. The number of aryl methyl sites for hydroxylation is 1. The van der Waals surface area contributed by atoms with Crippen LogP contribution in [0.3, 0.4) is 0 Å². The van der Waals surface area contributed by atoms with E-state index in [0.29, 0.717) is 0 Å². The van der Waals surface area contributed by atoms with Crippen LogP contribution in [0.15, 0.2) is 30.5 Å². The molecule has 0 aliphatic heterocycles. The average molecular weight is 325 g/mol. The topological polar surface area (TPSA) is 75.9 Å². The summed E-state index contributed by atoms with van der Waals surface area (Å²) in [6.45, 7) is 2.37. The van der Waals surface area contributed by atoms with Crippen molar-refractivity contribution in [2.24, 2.45) is 5.73 Å². The predicted molar refractivity (Wildman–Crippen MR) is 83.7 cm³/mol. The highest BCUT2D eigenvalue weighted by atomic mass is 19.4. The molecule has 5 nitrogen and oxygen atoms in total. The Morgan fingerprint density at radius 1 is 1.22 bits per heavy atom. The van der Waals surface area contributed by atoms with Crippen molar-refractivity contribution in [2.75, 3.05) is 23.7 Å². The Balaban J connectivity index is 2.33. The molecule has 0 aliphatic rings. The Hall–Kier alpha value is -2.35. The van der Waals surface area contributed by atoms with Crippen molar-refractivity contribution in [3.8, 4) is 0 Å². The number of anilines is 3. The van der Waals surface area contributed by atoms with E-state index in [0.717, 1.165) is 23.9 Å². The molecule has 0 bridgehead atoms. The molecule has 0 amide bonds. The molecule has 23 heavy (non-hydrogen) atoms. The van der Waals surface area contributed by atoms with Gasteiger partial charge in [-0.2, -0.15) is 18.2 Å². The van der Waals surface area contributed by atoms with Crippen molar-refractivity contribution in [3.05, 3.63) is 41.6 Å². The highest BCUT2D eigenvalue weighted by molar-refractivity contribution is 5.60. The molecule has 2 rings (SSSR count). The largest absolute Gasteiger partial charge is 0.421 e. The summed E-state index contributed by atoms with van der Waals surface area (Å²) in [4.78, 5) is 7.71. The number of nitrogens with two attached hydrogens (primary N) is 1. The predicted octanol–water partition coefficient (Wildman–Crippen LogP) is 3.17. The molecule has 1 heterocycles. The van der Waals surface area contributed by atoms with Crippen molar-refractivity contribution in [1.29, 1.82) is 0 Å². The minimum absolute atomic E-state index is 0.0958. The number of alkyl halides is 3. The molecule has 8 heteroatoms. The minimum Gasteiger partial charge on any atom is -0.368 e. The van der Waals surface area contributed by atoms with E-state index in [1.807, 2.05) is 31.2 Å². The Labute approximate surface area is 132 Å². The van der Waals surface area contributed by atoms with Gasteiger partial charge in [0.2, 0.25) is 5.95 Å². The summed E-state index contributed by atoms with van der Waals surface area (Å²) in [5.41, 5.74) is 6.20. The van der Waals surface area contributed by atoms with Gasteiger partial charge in [-0.25, -0.2) is 4.98 Å². The van der Waals surface area contributed by atoms with E-state index in [2.05, 4.69) is 20.6 Å². The summed E-state index contributed by atoms with van der Waals surface area (Å²) >= 11 is 0. The number of hydrogen-bond donors (Lipinski definition) is 3. The second kappa shape index (κ2) is 7.28. The molecule has 124 valence electrons.